The predicted molar refractivity (Wildman–Crippen MR) is 97.0 cm³/mol. The van der Waals surface area contributed by atoms with Crippen LogP contribution in [0, 0.1) is 5.92 Å². The molecule has 3 N–H and O–H groups in total. The molecule has 0 radical (unpaired) electrons. The van der Waals surface area contributed by atoms with Crippen LogP contribution >= 0.6 is 0 Å². The molecule has 134 valence electrons. The average molecular weight is 352 g/mol. The second kappa shape index (κ2) is 6.33. The molecule has 2 atom stereocenters. The van der Waals surface area contributed by atoms with Gasteiger partial charge < -0.3 is 15.8 Å². The van der Waals surface area contributed by atoms with Gasteiger partial charge in [0.25, 0.3) is 5.91 Å². The van der Waals surface area contributed by atoms with Crippen molar-refractivity contribution in [2.45, 2.75) is 25.8 Å². The van der Waals surface area contributed by atoms with Gasteiger partial charge in [-0.1, -0.05) is 25.5 Å². The number of fused-ring (bicyclic) bond motifs is 3. The number of primary amides is 1. The number of nitrogens with one attached hydrogen (secondary N) is 1. The third-order valence-corrected chi connectivity index (χ3v) is 5.02. The van der Waals surface area contributed by atoms with Crippen molar-refractivity contribution in [2.75, 3.05) is 6.61 Å². The van der Waals surface area contributed by atoms with Crippen molar-refractivity contribution in [1.82, 2.24) is 14.7 Å². The Balaban J connectivity index is 1.73. The molecule has 0 saturated carbocycles. The molecule has 1 aliphatic heterocycles. The van der Waals surface area contributed by atoms with Crippen LogP contribution in [0.3, 0.4) is 0 Å². The third-order valence-electron chi connectivity index (χ3n) is 5.02. The fourth-order valence-corrected chi connectivity index (χ4v) is 3.66. The second-order valence-electron chi connectivity index (χ2n) is 6.59. The molecule has 1 aromatic carbocycles. The highest BCUT2D eigenvalue weighted by molar-refractivity contribution is 6.03. The first-order valence-corrected chi connectivity index (χ1v) is 8.69. The molecular weight excluding hydrogens is 332 g/mol. The number of hydrogen-bond acceptors (Lipinski definition) is 4. The highest BCUT2D eigenvalue weighted by Gasteiger charge is 2.31. The lowest BCUT2D eigenvalue weighted by Gasteiger charge is -2.19. The van der Waals surface area contributed by atoms with E-state index in [0.717, 1.165) is 17.3 Å². The number of nitrogens with zero attached hydrogens (tertiary/aromatic N) is 2. The SMILES string of the molecule is CC[C@H]1CC(=O)N[C@@H]1COc1cccc2cc(C(N)=O)c3nccn3c12. The Kier molecular flexibility index (Phi) is 3.99. The Bertz CT molecular complexity index is 1010. The smallest absolute Gasteiger partial charge is 0.252 e. The summed E-state index contributed by atoms with van der Waals surface area (Å²) in [7, 11) is 0. The minimum atomic E-state index is -0.520. The number of carbonyl (C=O) groups is 2. The zero-order valence-corrected chi connectivity index (χ0v) is 14.4. The van der Waals surface area contributed by atoms with Crippen LogP contribution in [0.15, 0.2) is 36.7 Å². The molecule has 3 aromatic rings. The van der Waals surface area contributed by atoms with Gasteiger partial charge in [0.15, 0.2) is 0 Å². The van der Waals surface area contributed by atoms with Gasteiger partial charge >= 0.3 is 0 Å². The second-order valence-corrected chi connectivity index (χ2v) is 6.59. The number of amides is 2. The fourth-order valence-electron chi connectivity index (χ4n) is 3.66. The van der Waals surface area contributed by atoms with E-state index in [1.54, 1.807) is 18.5 Å². The summed E-state index contributed by atoms with van der Waals surface area (Å²) in [5.41, 5.74) is 7.18. The molecular formula is C19H20N4O3. The number of carbonyl (C=O) groups excluding carboxylic acids is 2. The maximum Gasteiger partial charge on any atom is 0.252 e. The van der Waals surface area contributed by atoms with E-state index in [2.05, 4.69) is 17.2 Å². The maximum atomic E-state index is 11.7. The molecule has 0 aliphatic carbocycles. The van der Waals surface area contributed by atoms with E-state index in [1.165, 1.54) is 0 Å². The number of pyridine rings is 1. The Hall–Kier alpha value is -3.09. The highest BCUT2D eigenvalue weighted by Crippen LogP contribution is 2.29. The molecule has 1 saturated heterocycles. The van der Waals surface area contributed by atoms with E-state index >= 15 is 0 Å². The van der Waals surface area contributed by atoms with E-state index < -0.39 is 5.91 Å². The van der Waals surface area contributed by atoms with Crippen molar-refractivity contribution < 1.29 is 14.3 Å². The van der Waals surface area contributed by atoms with Gasteiger partial charge in [0, 0.05) is 24.2 Å². The van der Waals surface area contributed by atoms with Crippen molar-refractivity contribution in [1.29, 1.82) is 0 Å². The van der Waals surface area contributed by atoms with Crippen LogP contribution in [-0.2, 0) is 4.79 Å². The Morgan fingerprint density at radius 1 is 1.46 bits per heavy atom. The van der Waals surface area contributed by atoms with Gasteiger partial charge in [0.05, 0.1) is 17.1 Å². The van der Waals surface area contributed by atoms with E-state index in [1.807, 2.05) is 22.6 Å². The summed E-state index contributed by atoms with van der Waals surface area (Å²) >= 11 is 0. The minimum absolute atomic E-state index is 0.00549. The Labute approximate surface area is 150 Å². The lowest BCUT2D eigenvalue weighted by molar-refractivity contribution is -0.119. The van der Waals surface area contributed by atoms with E-state index in [4.69, 9.17) is 10.5 Å². The third kappa shape index (κ3) is 2.65. The van der Waals surface area contributed by atoms with E-state index in [9.17, 15) is 9.59 Å². The molecule has 0 bridgehead atoms. The molecule has 0 spiro atoms. The number of ether oxygens (including phenoxy) is 1. The number of benzene rings is 1. The molecule has 4 rings (SSSR count). The van der Waals surface area contributed by atoms with Crippen molar-refractivity contribution in [3.63, 3.8) is 0 Å². The summed E-state index contributed by atoms with van der Waals surface area (Å²) in [6, 6.07) is 7.39. The molecule has 0 unspecified atom stereocenters. The number of para-hydroxylation sites is 1. The first kappa shape index (κ1) is 16.4. The van der Waals surface area contributed by atoms with Gasteiger partial charge in [0.1, 0.15) is 18.0 Å². The van der Waals surface area contributed by atoms with Gasteiger partial charge in [-0.3, -0.25) is 14.0 Å². The van der Waals surface area contributed by atoms with Crippen LogP contribution in [0.5, 0.6) is 5.75 Å². The van der Waals surface area contributed by atoms with Gasteiger partial charge in [-0.05, 0) is 18.1 Å². The standard InChI is InChI=1S/C19H20N4O3/c1-2-11-9-16(24)22-14(11)10-26-15-5-3-4-12-8-13(18(20)25)19-21-6-7-23(19)17(12)15/h3-8,11,14H,2,9-10H2,1H3,(H2,20,25)(H,22,24)/t11-,14+/m0/s1. The average Bonchev–Trinajstić information content (AvgIpc) is 3.25. The Morgan fingerprint density at radius 3 is 3.08 bits per heavy atom. The number of rotatable bonds is 5. The minimum Gasteiger partial charge on any atom is -0.489 e. The number of nitrogens with two attached hydrogens (primary N) is 1. The lowest BCUT2D eigenvalue weighted by atomic mass is 9.98. The number of imidazole rings is 1. The lowest BCUT2D eigenvalue weighted by Crippen LogP contribution is -2.34. The summed E-state index contributed by atoms with van der Waals surface area (Å²) < 4.78 is 7.90. The first-order valence-electron chi connectivity index (χ1n) is 8.69. The fraction of sp³-hybridized carbons (Fsp3) is 0.316. The van der Waals surface area contributed by atoms with Crippen LogP contribution < -0.4 is 15.8 Å². The van der Waals surface area contributed by atoms with E-state index in [-0.39, 0.29) is 17.9 Å². The molecule has 3 heterocycles. The van der Waals surface area contributed by atoms with Gasteiger partial charge in [-0.25, -0.2) is 4.98 Å². The molecule has 2 aromatic heterocycles. The zero-order valence-electron chi connectivity index (χ0n) is 14.4. The van der Waals surface area contributed by atoms with E-state index in [0.29, 0.717) is 30.0 Å². The van der Waals surface area contributed by atoms with Crippen LogP contribution in [-0.4, -0.2) is 33.8 Å². The summed E-state index contributed by atoms with van der Waals surface area (Å²) in [5.74, 6) is 0.519. The molecule has 1 aliphatic rings. The van der Waals surface area contributed by atoms with Crippen molar-refractivity contribution in [3.8, 4) is 5.75 Å². The van der Waals surface area contributed by atoms with Crippen molar-refractivity contribution >= 4 is 28.4 Å². The first-order chi connectivity index (χ1) is 12.6. The van der Waals surface area contributed by atoms with Crippen LogP contribution in [0.2, 0.25) is 0 Å². The summed E-state index contributed by atoms with van der Waals surface area (Å²) in [6.07, 6.45) is 4.88. The largest absolute Gasteiger partial charge is 0.489 e. The highest BCUT2D eigenvalue weighted by atomic mass is 16.5. The Morgan fingerprint density at radius 2 is 2.31 bits per heavy atom. The number of aromatic nitrogens is 2. The van der Waals surface area contributed by atoms with Crippen molar-refractivity contribution in [3.05, 3.63) is 42.2 Å². The topological polar surface area (TPSA) is 98.7 Å². The molecule has 1 fully saturated rings. The van der Waals surface area contributed by atoms with Crippen LogP contribution in [0.4, 0.5) is 0 Å². The van der Waals surface area contributed by atoms with Gasteiger partial charge in [0.2, 0.25) is 5.91 Å². The normalized spacial score (nSPS) is 19.8. The van der Waals surface area contributed by atoms with Gasteiger partial charge in [-0.2, -0.15) is 0 Å². The van der Waals surface area contributed by atoms with Crippen LogP contribution in [0.1, 0.15) is 30.1 Å². The summed E-state index contributed by atoms with van der Waals surface area (Å²) in [6.45, 7) is 2.48. The zero-order chi connectivity index (χ0) is 18.3. The quantitative estimate of drug-likeness (QED) is 0.732. The monoisotopic (exact) mass is 352 g/mol. The predicted octanol–water partition coefficient (Wildman–Crippen LogP) is 1.88. The summed E-state index contributed by atoms with van der Waals surface area (Å²) in [4.78, 5) is 27.7. The molecule has 7 heteroatoms. The maximum absolute atomic E-state index is 11.7. The van der Waals surface area contributed by atoms with Crippen LogP contribution in [0.25, 0.3) is 16.6 Å². The van der Waals surface area contributed by atoms with Gasteiger partial charge in [-0.15, -0.1) is 0 Å². The molecule has 26 heavy (non-hydrogen) atoms. The van der Waals surface area contributed by atoms with Crippen molar-refractivity contribution in [2.24, 2.45) is 11.7 Å². The summed E-state index contributed by atoms with van der Waals surface area (Å²) in [5, 5.41) is 3.82. The number of hydrogen-bond donors (Lipinski definition) is 2. The molecule has 7 nitrogen and oxygen atoms in total. The molecule has 2 amide bonds.